The van der Waals surface area contributed by atoms with Crippen molar-refractivity contribution in [3.63, 3.8) is 0 Å². The van der Waals surface area contributed by atoms with Gasteiger partial charge < -0.3 is 0 Å². The fourth-order valence-electron chi connectivity index (χ4n) is 4.00. The van der Waals surface area contributed by atoms with Crippen molar-refractivity contribution in [2.75, 3.05) is 0 Å². The van der Waals surface area contributed by atoms with Gasteiger partial charge in [0.2, 0.25) is 0 Å². The minimum absolute atomic E-state index is 0.0154. The number of allylic oxidation sites excluding steroid dienone is 4. The van der Waals surface area contributed by atoms with Crippen LogP contribution >= 0.6 is 0 Å². The van der Waals surface area contributed by atoms with Crippen LogP contribution in [0.2, 0.25) is 0 Å². The van der Waals surface area contributed by atoms with Gasteiger partial charge in [0.05, 0.1) is 0 Å². The molecule has 198 valence electrons. The van der Waals surface area contributed by atoms with Crippen LogP contribution in [0.4, 0.5) is 0 Å². The zero-order valence-corrected chi connectivity index (χ0v) is 25.4. The second-order valence-corrected chi connectivity index (χ2v) is 14.1. The fourth-order valence-corrected chi connectivity index (χ4v) is 6.06. The number of hydrogen-bond acceptors (Lipinski definition) is 5. The molecule has 0 amide bonds. The van der Waals surface area contributed by atoms with E-state index >= 15 is 0 Å². The van der Waals surface area contributed by atoms with Gasteiger partial charge in [-0.3, -0.25) is 0 Å². The van der Waals surface area contributed by atoms with Crippen molar-refractivity contribution in [1.29, 1.82) is 0 Å². The summed E-state index contributed by atoms with van der Waals surface area (Å²) in [5.74, 6) is 1.69. The van der Waals surface area contributed by atoms with Crippen molar-refractivity contribution in [3.05, 3.63) is 112 Å². The summed E-state index contributed by atoms with van der Waals surface area (Å²) in [5.41, 5.74) is 5.99. The van der Waals surface area contributed by atoms with E-state index in [4.69, 9.17) is 24.9 Å². The molecular formula is C33H33IN5-. The van der Waals surface area contributed by atoms with E-state index in [0.717, 1.165) is 16.7 Å². The maximum absolute atomic E-state index is 4.89. The van der Waals surface area contributed by atoms with E-state index in [0.29, 0.717) is 28.9 Å². The standard InChI is InChI=1S/C33H33IN5/c1-32(2,3)24-13-16-27(35-20-24)30-37-29(23-12-15-26(34-19-18-23)22-10-8-7-9-11-22)38-31(39-30)28-17-14-25(21-36-28)33(4,5)6/h7-21H,1-6H3/q-1. The van der Waals surface area contributed by atoms with Gasteiger partial charge in [-0.2, -0.15) is 0 Å². The maximum atomic E-state index is 4.89. The Balaban J connectivity index is 1.60. The van der Waals surface area contributed by atoms with Crippen LogP contribution in [0.5, 0.6) is 0 Å². The first-order chi connectivity index (χ1) is 18.6. The molecule has 0 saturated heterocycles. The summed E-state index contributed by atoms with van der Waals surface area (Å²) in [6.07, 6.45) is 10.3. The summed E-state index contributed by atoms with van der Waals surface area (Å²) < 4.78 is 3.63. The van der Waals surface area contributed by atoms with E-state index < -0.39 is 0 Å². The molecule has 3 aromatic heterocycles. The quantitative estimate of drug-likeness (QED) is 0.310. The van der Waals surface area contributed by atoms with Gasteiger partial charge in [0.1, 0.15) is 0 Å². The van der Waals surface area contributed by atoms with Crippen molar-refractivity contribution in [2.45, 2.75) is 52.4 Å². The minimum atomic E-state index is -0.279. The van der Waals surface area contributed by atoms with E-state index in [1.54, 1.807) is 0 Å². The van der Waals surface area contributed by atoms with Gasteiger partial charge in [0.15, 0.2) is 0 Å². The third-order valence-corrected chi connectivity index (χ3v) is 8.87. The van der Waals surface area contributed by atoms with Gasteiger partial charge in [-0.25, -0.2) is 0 Å². The summed E-state index contributed by atoms with van der Waals surface area (Å²) in [7, 11) is 0. The Kier molecular flexibility index (Phi) is 7.58. The molecule has 0 bridgehead atoms. The molecule has 5 nitrogen and oxygen atoms in total. The summed E-state index contributed by atoms with van der Waals surface area (Å²) in [4.78, 5) is 24.1. The van der Waals surface area contributed by atoms with Crippen molar-refractivity contribution < 1.29 is 21.2 Å². The third-order valence-electron chi connectivity index (χ3n) is 6.49. The first kappa shape index (κ1) is 27.1. The molecule has 0 atom stereocenters. The molecular weight excluding hydrogens is 593 g/mol. The van der Waals surface area contributed by atoms with Gasteiger partial charge in [-0.05, 0) is 0 Å². The Hall–Kier alpha value is -3.52. The van der Waals surface area contributed by atoms with Gasteiger partial charge in [-0.1, -0.05) is 0 Å². The molecule has 4 heterocycles. The second-order valence-electron chi connectivity index (χ2n) is 11.6. The molecule has 0 aliphatic carbocycles. The van der Waals surface area contributed by atoms with Crippen LogP contribution in [0.15, 0.2) is 89.3 Å². The zero-order chi connectivity index (χ0) is 27.6. The van der Waals surface area contributed by atoms with Crippen LogP contribution in [-0.4, -0.2) is 24.9 Å². The van der Waals surface area contributed by atoms with Crippen LogP contribution in [0.1, 0.15) is 64.1 Å². The van der Waals surface area contributed by atoms with Crippen LogP contribution in [0, 0.1) is 0 Å². The molecule has 1 aliphatic rings. The van der Waals surface area contributed by atoms with Gasteiger partial charge in [0.25, 0.3) is 0 Å². The van der Waals surface area contributed by atoms with Crippen LogP contribution < -0.4 is 21.2 Å². The van der Waals surface area contributed by atoms with E-state index in [-0.39, 0.29) is 32.0 Å². The van der Waals surface area contributed by atoms with Crippen LogP contribution in [0.25, 0.3) is 32.2 Å². The van der Waals surface area contributed by atoms with E-state index in [1.165, 1.54) is 9.14 Å². The number of aromatic nitrogens is 5. The Morgan fingerprint density at radius 2 is 1.13 bits per heavy atom. The van der Waals surface area contributed by atoms with E-state index in [1.807, 2.05) is 30.6 Å². The number of rotatable bonds is 4. The molecule has 6 heteroatoms. The number of halogens is 1. The Labute approximate surface area is 241 Å². The van der Waals surface area contributed by atoms with Crippen LogP contribution in [0.3, 0.4) is 0 Å². The summed E-state index contributed by atoms with van der Waals surface area (Å²) in [6.45, 7) is 13.1. The van der Waals surface area contributed by atoms with Crippen molar-refractivity contribution in [3.8, 4) is 23.0 Å². The molecule has 5 rings (SSSR count). The summed E-state index contributed by atoms with van der Waals surface area (Å²) in [5, 5.41) is 0. The normalized spacial score (nSPS) is 14.2. The van der Waals surface area contributed by atoms with E-state index in [2.05, 4.69) is 100 Å². The van der Waals surface area contributed by atoms with E-state index in [9.17, 15) is 0 Å². The molecule has 0 saturated carbocycles. The van der Waals surface area contributed by atoms with Crippen LogP contribution in [-0.2, 0) is 10.8 Å². The molecule has 4 aromatic rings. The Morgan fingerprint density at radius 3 is 1.62 bits per heavy atom. The number of benzene rings is 1. The molecule has 39 heavy (non-hydrogen) atoms. The molecule has 0 radical (unpaired) electrons. The van der Waals surface area contributed by atoms with Crippen molar-refractivity contribution in [2.24, 2.45) is 0 Å². The molecule has 0 fully saturated rings. The van der Waals surface area contributed by atoms with Gasteiger partial charge in [0, 0.05) is 0 Å². The third kappa shape index (κ3) is 6.38. The monoisotopic (exact) mass is 626 g/mol. The molecule has 1 aliphatic heterocycles. The summed E-state index contributed by atoms with van der Waals surface area (Å²) >= 11 is -0.279. The number of nitrogens with zero attached hydrogens (tertiary/aromatic N) is 5. The predicted octanol–water partition coefficient (Wildman–Crippen LogP) is 4.63. The number of hydrogen-bond donors (Lipinski definition) is 0. The molecule has 0 spiro atoms. The predicted molar refractivity (Wildman–Crippen MR) is 155 cm³/mol. The topological polar surface area (TPSA) is 64.5 Å². The molecule has 0 unspecified atom stereocenters. The molecule has 0 N–H and O–H groups in total. The number of pyridine rings is 2. The SMILES string of the molecule is CC(C)(C)c1ccc(-c2nc(C3=CC=C(c4ccccc4)[I-]C=C3)nc(-c3ccc(C(C)(C)C)cn3)n2)nc1. The Bertz CT molecular complexity index is 1480. The zero-order valence-electron chi connectivity index (χ0n) is 23.3. The average molecular weight is 627 g/mol. The average Bonchev–Trinajstić information content (AvgIpc) is 3.19. The second kappa shape index (κ2) is 10.9. The molecule has 1 aromatic carbocycles. The first-order valence-electron chi connectivity index (χ1n) is 13.1. The first-order valence-corrected chi connectivity index (χ1v) is 15.4. The van der Waals surface area contributed by atoms with Crippen molar-refractivity contribution >= 4 is 9.15 Å². The fraction of sp³-hybridized carbons (Fsp3) is 0.242. The van der Waals surface area contributed by atoms with Gasteiger partial charge >= 0.3 is 243 Å². The Morgan fingerprint density at radius 1 is 0.590 bits per heavy atom. The summed E-state index contributed by atoms with van der Waals surface area (Å²) in [6, 6.07) is 18.7. The van der Waals surface area contributed by atoms with Crippen molar-refractivity contribution in [1.82, 2.24) is 24.9 Å². The van der Waals surface area contributed by atoms with Gasteiger partial charge in [-0.15, -0.1) is 0 Å².